The molecular formula is C15H20BrN3O3. The van der Waals surface area contributed by atoms with Crippen LogP contribution in [0.15, 0.2) is 16.7 Å². The zero-order chi connectivity index (χ0) is 16.3. The average molecular weight is 370 g/mol. The van der Waals surface area contributed by atoms with Gasteiger partial charge in [-0.2, -0.15) is 0 Å². The highest BCUT2D eigenvalue weighted by atomic mass is 79.9. The van der Waals surface area contributed by atoms with Gasteiger partial charge >= 0.3 is 0 Å². The first kappa shape index (κ1) is 16.9. The molecule has 2 aromatic heterocycles. The summed E-state index contributed by atoms with van der Waals surface area (Å²) in [5.41, 5.74) is 3.12. The number of aryl methyl sites for hydroxylation is 2. The second-order valence-electron chi connectivity index (χ2n) is 4.91. The quantitative estimate of drug-likeness (QED) is 0.793. The van der Waals surface area contributed by atoms with E-state index in [0.29, 0.717) is 12.1 Å². The third kappa shape index (κ3) is 3.31. The summed E-state index contributed by atoms with van der Waals surface area (Å²) in [6, 6.07) is 1.98. The lowest BCUT2D eigenvalue weighted by atomic mass is 10.2. The van der Waals surface area contributed by atoms with Gasteiger partial charge in [0.15, 0.2) is 6.29 Å². The summed E-state index contributed by atoms with van der Waals surface area (Å²) >= 11 is 3.46. The highest BCUT2D eigenvalue weighted by Gasteiger charge is 2.20. The standard InChI is InChI=1S/C15H20BrN3O3/c1-5-11-13(15(20)17-7-12(21-3)22-4)19-8-10(16)6-9(2)14(19)18-11/h6,8,12H,5,7H2,1-4H3,(H,17,20). The molecule has 0 aromatic carbocycles. The molecule has 0 atom stereocenters. The van der Waals surface area contributed by atoms with Crippen LogP contribution in [0.25, 0.3) is 5.65 Å². The van der Waals surface area contributed by atoms with E-state index in [1.165, 1.54) is 14.2 Å². The van der Waals surface area contributed by atoms with Crippen LogP contribution in [0.5, 0.6) is 0 Å². The summed E-state index contributed by atoms with van der Waals surface area (Å²) in [6.07, 6.45) is 2.06. The number of pyridine rings is 1. The van der Waals surface area contributed by atoms with Crippen molar-refractivity contribution in [2.24, 2.45) is 0 Å². The van der Waals surface area contributed by atoms with Crippen molar-refractivity contribution < 1.29 is 14.3 Å². The summed E-state index contributed by atoms with van der Waals surface area (Å²) in [5, 5.41) is 2.83. The molecule has 120 valence electrons. The number of halogens is 1. The van der Waals surface area contributed by atoms with E-state index in [2.05, 4.69) is 26.2 Å². The van der Waals surface area contributed by atoms with Crippen molar-refractivity contribution in [1.82, 2.24) is 14.7 Å². The minimum atomic E-state index is -0.471. The Labute approximate surface area is 137 Å². The maximum Gasteiger partial charge on any atom is 0.270 e. The number of imidazole rings is 1. The van der Waals surface area contributed by atoms with Crippen LogP contribution in [0.2, 0.25) is 0 Å². The smallest absolute Gasteiger partial charge is 0.270 e. The van der Waals surface area contributed by atoms with Crippen LogP contribution in [-0.2, 0) is 15.9 Å². The van der Waals surface area contributed by atoms with Crippen molar-refractivity contribution in [2.45, 2.75) is 26.6 Å². The fraction of sp³-hybridized carbons (Fsp3) is 0.467. The van der Waals surface area contributed by atoms with Gasteiger partial charge in [-0.25, -0.2) is 4.98 Å². The molecule has 0 bridgehead atoms. The van der Waals surface area contributed by atoms with E-state index in [9.17, 15) is 4.79 Å². The third-order valence-corrected chi connectivity index (χ3v) is 3.88. The lowest BCUT2D eigenvalue weighted by Crippen LogP contribution is -2.35. The van der Waals surface area contributed by atoms with Gasteiger partial charge in [-0.05, 0) is 40.9 Å². The number of carbonyl (C=O) groups excluding carboxylic acids is 1. The number of rotatable bonds is 6. The highest BCUT2D eigenvalue weighted by Crippen LogP contribution is 2.21. The van der Waals surface area contributed by atoms with E-state index in [-0.39, 0.29) is 12.5 Å². The van der Waals surface area contributed by atoms with Crippen LogP contribution in [0.1, 0.15) is 28.7 Å². The normalized spacial score (nSPS) is 11.4. The van der Waals surface area contributed by atoms with E-state index < -0.39 is 6.29 Å². The molecule has 0 saturated carbocycles. The van der Waals surface area contributed by atoms with Crippen LogP contribution in [0, 0.1) is 6.92 Å². The summed E-state index contributed by atoms with van der Waals surface area (Å²) in [4.78, 5) is 17.1. The van der Waals surface area contributed by atoms with E-state index in [1.807, 2.05) is 30.5 Å². The predicted molar refractivity (Wildman–Crippen MR) is 87.1 cm³/mol. The average Bonchev–Trinajstić information content (AvgIpc) is 2.86. The molecule has 0 spiro atoms. The number of amides is 1. The number of ether oxygens (including phenoxy) is 2. The van der Waals surface area contributed by atoms with Crippen LogP contribution >= 0.6 is 15.9 Å². The molecule has 6 nitrogen and oxygen atoms in total. The molecule has 0 aliphatic heterocycles. The maximum absolute atomic E-state index is 12.6. The summed E-state index contributed by atoms with van der Waals surface area (Å²) < 4.78 is 12.9. The van der Waals surface area contributed by atoms with Crippen molar-refractivity contribution >= 4 is 27.5 Å². The number of aromatic nitrogens is 2. The lowest BCUT2D eigenvalue weighted by molar-refractivity contribution is -0.0974. The highest BCUT2D eigenvalue weighted by molar-refractivity contribution is 9.10. The molecule has 7 heteroatoms. The number of hydrogen-bond donors (Lipinski definition) is 1. The van der Waals surface area contributed by atoms with Crippen molar-refractivity contribution in [1.29, 1.82) is 0 Å². The third-order valence-electron chi connectivity index (χ3n) is 3.45. The van der Waals surface area contributed by atoms with Crippen molar-refractivity contribution in [3.05, 3.63) is 33.7 Å². The zero-order valence-electron chi connectivity index (χ0n) is 13.1. The minimum absolute atomic E-state index is 0.194. The molecular weight excluding hydrogens is 350 g/mol. The molecule has 2 aromatic rings. The Bertz CT molecular complexity index is 680. The van der Waals surface area contributed by atoms with Gasteiger partial charge < -0.3 is 14.8 Å². The van der Waals surface area contributed by atoms with E-state index in [4.69, 9.17) is 9.47 Å². The molecule has 0 saturated heterocycles. The van der Waals surface area contributed by atoms with Gasteiger partial charge in [-0.1, -0.05) is 6.92 Å². The number of nitrogens with one attached hydrogen (secondary N) is 1. The van der Waals surface area contributed by atoms with Crippen molar-refractivity contribution in [3.8, 4) is 0 Å². The number of methoxy groups -OCH3 is 2. The molecule has 22 heavy (non-hydrogen) atoms. The monoisotopic (exact) mass is 369 g/mol. The number of hydrogen-bond acceptors (Lipinski definition) is 4. The van der Waals surface area contributed by atoms with Crippen molar-refractivity contribution in [2.75, 3.05) is 20.8 Å². The second-order valence-corrected chi connectivity index (χ2v) is 5.82. The fourth-order valence-electron chi connectivity index (χ4n) is 2.33. The molecule has 2 rings (SSSR count). The first-order chi connectivity index (χ1) is 10.5. The molecule has 1 amide bonds. The molecule has 2 heterocycles. The van der Waals surface area contributed by atoms with Gasteiger partial charge in [0, 0.05) is 24.9 Å². The maximum atomic E-state index is 12.6. The number of carbonyl (C=O) groups is 1. The SMILES string of the molecule is CCc1nc2c(C)cc(Br)cn2c1C(=O)NCC(OC)OC. The van der Waals surface area contributed by atoms with Gasteiger partial charge in [-0.15, -0.1) is 0 Å². The van der Waals surface area contributed by atoms with E-state index >= 15 is 0 Å². The Balaban J connectivity index is 2.38. The molecule has 0 aliphatic carbocycles. The topological polar surface area (TPSA) is 64.9 Å². The van der Waals surface area contributed by atoms with Crippen LogP contribution in [-0.4, -0.2) is 42.3 Å². The van der Waals surface area contributed by atoms with Crippen molar-refractivity contribution in [3.63, 3.8) is 0 Å². The van der Waals surface area contributed by atoms with Crippen LogP contribution < -0.4 is 5.32 Å². The van der Waals surface area contributed by atoms with Crippen LogP contribution in [0.4, 0.5) is 0 Å². The molecule has 0 radical (unpaired) electrons. The Kier molecular flexibility index (Phi) is 5.55. The molecule has 0 fully saturated rings. The predicted octanol–water partition coefficient (Wildman–Crippen LogP) is 2.32. The Morgan fingerprint density at radius 3 is 2.73 bits per heavy atom. The van der Waals surface area contributed by atoms with Gasteiger partial charge in [0.1, 0.15) is 11.3 Å². The van der Waals surface area contributed by atoms with Gasteiger partial charge in [-0.3, -0.25) is 9.20 Å². The first-order valence-corrected chi connectivity index (χ1v) is 7.82. The summed E-state index contributed by atoms with van der Waals surface area (Å²) in [7, 11) is 3.07. The first-order valence-electron chi connectivity index (χ1n) is 7.02. The second kappa shape index (κ2) is 7.21. The number of nitrogens with zero attached hydrogens (tertiary/aromatic N) is 2. The minimum Gasteiger partial charge on any atom is -0.354 e. The van der Waals surface area contributed by atoms with E-state index in [0.717, 1.165) is 21.4 Å². The van der Waals surface area contributed by atoms with Gasteiger partial charge in [0.05, 0.1) is 12.2 Å². The van der Waals surface area contributed by atoms with Crippen LogP contribution in [0.3, 0.4) is 0 Å². The Morgan fingerprint density at radius 2 is 2.14 bits per heavy atom. The largest absolute Gasteiger partial charge is 0.354 e. The van der Waals surface area contributed by atoms with Gasteiger partial charge in [0.25, 0.3) is 5.91 Å². The fourth-order valence-corrected chi connectivity index (χ4v) is 2.87. The summed E-state index contributed by atoms with van der Waals surface area (Å²) in [6.45, 7) is 4.23. The lowest BCUT2D eigenvalue weighted by Gasteiger charge is -2.14. The van der Waals surface area contributed by atoms with E-state index in [1.54, 1.807) is 0 Å². The molecule has 1 N–H and O–H groups in total. The molecule has 0 unspecified atom stereocenters. The Morgan fingerprint density at radius 1 is 1.45 bits per heavy atom. The summed E-state index contributed by atoms with van der Waals surface area (Å²) in [5.74, 6) is -0.194. The zero-order valence-corrected chi connectivity index (χ0v) is 14.7. The Hall–Kier alpha value is -1.44. The molecule has 0 aliphatic rings. The van der Waals surface area contributed by atoms with Gasteiger partial charge in [0.2, 0.25) is 0 Å². The number of fused-ring (bicyclic) bond motifs is 1.